The summed E-state index contributed by atoms with van der Waals surface area (Å²) in [6, 6.07) is 20.0. The second-order valence-corrected chi connectivity index (χ2v) is 6.76. The van der Waals surface area contributed by atoms with Gasteiger partial charge in [-0.3, -0.25) is 4.79 Å². The van der Waals surface area contributed by atoms with Crippen molar-refractivity contribution in [1.82, 2.24) is 14.8 Å². The Labute approximate surface area is 157 Å². The molecule has 0 amide bonds. The number of benzene rings is 2. The van der Waals surface area contributed by atoms with Gasteiger partial charge in [0.05, 0.1) is 0 Å². The molecule has 0 saturated carbocycles. The van der Waals surface area contributed by atoms with E-state index in [1.807, 2.05) is 73.8 Å². The molecular weight excluding hydrogens is 336 g/mol. The fourth-order valence-electron chi connectivity index (χ4n) is 3.23. The summed E-state index contributed by atoms with van der Waals surface area (Å²) in [5, 5.41) is 7.93. The molecule has 5 heteroatoms. The monoisotopic (exact) mass is 356 g/mol. The number of pyridine rings is 1. The molecule has 0 unspecified atom stereocenters. The van der Waals surface area contributed by atoms with E-state index in [2.05, 4.69) is 10.3 Å². The van der Waals surface area contributed by atoms with Crippen LogP contribution >= 0.6 is 0 Å². The third kappa shape index (κ3) is 3.58. The summed E-state index contributed by atoms with van der Waals surface area (Å²) in [5.74, 6) is 0.612. The van der Waals surface area contributed by atoms with E-state index < -0.39 is 0 Å². The van der Waals surface area contributed by atoms with Gasteiger partial charge in [0, 0.05) is 24.6 Å². The first kappa shape index (κ1) is 17.0. The lowest BCUT2D eigenvalue weighted by molar-refractivity contribution is -0.117. The molecule has 4 aromatic rings. The minimum absolute atomic E-state index is 0.206. The predicted molar refractivity (Wildman–Crippen MR) is 106 cm³/mol. The van der Waals surface area contributed by atoms with Gasteiger partial charge in [-0.1, -0.05) is 65.4 Å². The van der Waals surface area contributed by atoms with Gasteiger partial charge in [-0.05, 0) is 29.7 Å². The lowest BCUT2D eigenvalue weighted by Gasteiger charge is -2.07. The molecule has 0 fully saturated rings. The van der Waals surface area contributed by atoms with E-state index in [1.165, 1.54) is 5.56 Å². The Hall–Kier alpha value is -3.47. The number of nitrogens with two attached hydrogens (primary N) is 1. The highest BCUT2D eigenvalue weighted by atomic mass is 16.1. The maximum absolute atomic E-state index is 12.4. The molecule has 5 nitrogen and oxygen atoms in total. The molecule has 0 aliphatic carbocycles. The van der Waals surface area contributed by atoms with Crippen LogP contribution in [0.4, 0.5) is 5.82 Å². The van der Waals surface area contributed by atoms with Gasteiger partial charge in [0.25, 0.3) is 0 Å². The topological polar surface area (TPSA) is 73.3 Å². The number of aryl methyl sites for hydroxylation is 1. The molecular formula is C22H20N4O. The van der Waals surface area contributed by atoms with Crippen molar-refractivity contribution < 1.29 is 4.79 Å². The number of nitrogen functional groups attached to an aromatic ring is 1. The first-order chi connectivity index (χ1) is 13.1. The number of fused-ring (bicyclic) bond motifs is 1. The quantitative estimate of drug-likeness (QED) is 0.592. The summed E-state index contributed by atoms with van der Waals surface area (Å²) in [7, 11) is 0. The molecule has 2 aromatic heterocycles. The first-order valence-electron chi connectivity index (χ1n) is 8.86. The van der Waals surface area contributed by atoms with Crippen LogP contribution in [0, 0.1) is 6.92 Å². The largest absolute Gasteiger partial charge is 0.380 e. The molecule has 0 bridgehead atoms. The molecule has 0 aliphatic rings. The van der Waals surface area contributed by atoms with Gasteiger partial charge in [0.2, 0.25) is 0 Å². The predicted octanol–water partition coefficient (Wildman–Crippen LogP) is 3.64. The van der Waals surface area contributed by atoms with Gasteiger partial charge in [-0.15, -0.1) is 5.10 Å². The normalized spacial score (nSPS) is 11.0. The third-order valence-corrected chi connectivity index (χ3v) is 4.65. The second-order valence-electron chi connectivity index (χ2n) is 6.76. The van der Waals surface area contributed by atoms with E-state index in [9.17, 15) is 4.79 Å². The first-order valence-corrected chi connectivity index (χ1v) is 8.86. The molecule has 134 valence electrons. The van der Waals surface area contributed by atoms with Crippen LogP contribution in [0.5, 0.6) is 0 Å². The number of hydrogen-bond donors (Lipinski definition) is 1. The molecule has 2 heterocycles. The molecule has 0 aliphatic heterocycles. The van der Waals surface area contributed by atoms with Gasteiger partial charge in [0.15, 0.2) is 5.82 Å². The lowest BCUT2D eigenvalue weighted by Crippen LogP contribution is -2.06. The Balaban J connectivity index is 1.51. The van der Waals surface area contributed by atoms with E-state index >= 15 is 0 Å². The van der Waals surface area contributed by atoms with Crippen LogP contribution in [0.25, 0.3) is 16.6 Å². The van der Waals surface area contributed by atoms with Gasteiger partial charge in [0.1, 0.15) is 11.3 Å². The number of Topliss-reactive ketones (excluding diaryl/α,β-unsaturated/α-hetero) is 1. The maximum atomic E-state index is 12.4. The Morgan fingerprint density at radius 3 is 2.26 bits per heavy atom. The number of carbonyl (C=O) groups excluding carboxylic acids is 1. The van der Waals surface area contributed by atoms with Gasteiger partial charge < -0.3 is 5.73 Å². The van der Waals surface area contributed by atoms with Gasteiger partial charge in [-0.25, -0.2) is 4.52 Å². The number of nitrogens with zero attached hydrogens (tertiary/aromatic N) is 3. The molecule has 27 heavy (non-hydrogen) atoms. The Kier molecular flexibility index (Phi) is 4.42. The molecule has 0 saturated heterocycles. The highest BCUT2D eigenvalue weighted by Gasteiger charge is 2.11. The fraction of sp³-hybridized carbons (Fsp3) is 0.136. The van der Waals surface area contributed by atoms with Crippen molar-refractivity contribution in [3.63, 3.8) is 0 Å². The fourth-order valence-corrected chi connectivity index (χ4v) is 3.23. The summed E-state index contributed by atoms with van der Waals surface area (Å²) in [6.07, 6.45) is 2.70. The zero-order chi connectivity index (χ0) is 18.8. The molecule has 0 radical (unpaired) electrons. The van der Waals surface area contributed by atoms with Crippen molar-refractivity contribution in [3.8, 4) is 11.1 Å². The van der Waals surface area contributed by atoms with Crippen LogP contribution in [-0.2, 0) is 17.6 Å². The smallest absolute Gasteiger partial charge is 0.174 e. The summed E-state index contributed by atoms with van der Waals surface area (Å²) in [4.78, 5) is 12.4. The van der Waals surface area contributed by atoms with Crippen LogP contribution in [-0.4, -0.2) is 20.6 Å². The number of rotatable bonds is 5. The van der Waals surface area contributed by atoms with Crippen molar-refractivity contribution in [2.75, 3.05) is 5.73 Å². The zero-order valence-electron chi connectivity index (χ0n) is 15.1. The van der Waals surface area contributed by atoms with Crippen molar-refractivity contribution in [2.45, 2.75) is 19.8 Å². The van der Waals surface area contributed by atoms with Crippen LogP contribution in [0.1, 0.15) is 16.7 Å². The minimum atomic E-state index is 0.206. The number of anilines is 1. The van der Waals surface area contributed by atoms with E-state index in [-0.39, 0.29) is 5.78 Å². The van der Waals surface area contributed by atoms with Crippen molar-refractivity contribution in [1.29, 1.82) is 0 Å². The SMILES string of the molecule is Cc1ccc(CC(=O)Cc2ccc(-c3cccn4nnc(N)c34)cc2)cc1. The standard InChI is InChI=1S/C22H20N4O/c1-15-4-6-16(7-5-15)13-19(27)14-17-8-10-18(11-9-17)20-3-2-12-26-21(20)22(23)24-25-26/h2-12H,13-14,23H2,1H3. The maximum Gasteiger partial charge on any atom is 0.174 e. The molecule has 2 N–H and O–H groups in total. The van der Waals surface area contributed by atoms with Crippen molar-refractivity contribution >= 4 is 17.1 Å². The van der Waals surface area contributed by atoms with Crippen LogP contribution in [0.3, 0.4) is 0 Å². The Bertz CT molecular complexity index is 1100. The molecule has 0 spiro atoms. The lowest BCUT2D eigenvalue weighted by atomic mass is 9.99. The summed E-state index contributed by atoms with van der Waals surface area (Å²) in [5.41, 5.74) is 12.0. The van der Waals surface area contributed by atoms with Crippen molar-refractivity contribution in [3.05, 3.63) is 83.6 Å². The van der Waals surface area contributed by atoms with Gasteiger partial charge in [-0.2, -0.15) is 0 Å². The Morgan fingerprint density at radius 1 is 0.963 bits per heavy atom. The average Bonchev–Trinajstić information content (AvgIpc) is 3.06. The number of aromatic nitrogens is 3. The van der Waals surface area contributed by atoms with E-state index in [4.69, 9.17) is 5.73 Å². The van der Waals surface area contributed by atoms with Gasteiger partial charge >= 0.3 is 0 Å². The summed E-state index contributed by atoms with van der Waals surface area (Å²) < 4.78 is 1.67. The molecule has 2 aromatic carbocycles. The van der Waals surface area contributed by atoms with E-state index in [0.29, 0.717) is 18.7 Å². The zero-order valence-corrected chi connectivity index (χ0v) is 15.1. The van der Waals surface area contributed by atoms with E-state index in [0.717, 1.165) is 27.8 Å². The number of hydrogen-bond acceptors (Lipinski definition) is 4. The molecule has 4 rings (SSSR count). The highest BCUT2D eigenvalue weighted by molar-refractivity contribution is 5.87. The van der Waals surface area contributed by atoms with Crippen molar-refractivity contribution in [2.24, 2.45) is 0 Å². The summed E-state index contributed by atoms with van der Waals surface area (Å²) >= 11 is 0. The highest BCUT2D eigenvalue weighted by Crippen LogP contribution is 2.27. The molecule has 0 atom stereocenters. The third-order valence-electron chi connectivity index (χ3n) is 4.65. The number of ketones is 1. The van der Waals surface area contributed by atoms with Crippen LogP contribution < -0.4 is 5.73 Å². The summed E-state index contributed by atoms with van der Waals surface area (Å²) in [6.45, 7) is 2.04. The van der Waals surface area contributed by atoms with Crippen LogP contribution in [0.2, 0.25) is 0 Å². The second kappa shape index (κ2) is 7.03. The average molecular weight is 356 g/mol. The number of carbonyl (C=O) groups is 1. The van der Waals surface area contributed by atoms with Crippen LogP contribution in [0.15, 0.2) is 66.9 Å². The minimum Gasteiger partial charge on any atom is -0.380 e. The Morgan fingerprint density at radius 2 is 1.59 bits per heavy atom. The van der Waals surface area contributed by atoms with E-state index in [1.54, 1.807) is 4.52 Å².